The standard InChI is InChI=1S/C11H15NO.ClH/c1-2-4-11(5-3-1)10-12-6-8-13-9-7-12;/h1-5H,6-10H2;1H. The second-order valence-electron chi connectivity index (χ2n) is 3.37. The summed E-state index contributed by atoms with van der Waals surface area (Å²) in [5.41, 5.74) is 1.39. The van der Waals surface area contributed by atoms with Gasteiger partial charge in [-0.3, -0.25) is 4.90 Å². The van der Waals surface area contributed by atoms with Crippen LogP contribution >= 0.6 is 12.4 Å². The molecule has 0 N–H and O–H groups in total. The second kappa shape index (κ2) is 6.02. The summed E-state index contributed by atoms with van der Waals surface area (Å²) in [5.74, 6) is 0. The summed E-state index contributed by atoms with van der Waals surface area (Å²) in [6.45, 7) is 4.95. The molecule has 0 spiro atoms. The Bertz CT molecular complexity index is 247. The maximum atomic E-state index is 5.30. The van der Waals surface area contributed by atoms with Crippen LogP contribution in [0.4, 0.5) is 0 Å². The summed E-state index contributed by atoms with van der Waals surface area (Å²) < 4.78 is 5.30. The molecule has 1 aromatic rings. The zero-order valence-electron chi connectivity index (χ0n) is 8.19. The van der Waals surface area contributed by atoms with Crippen LogP contribution in [0.3, 0.4) is 0 Å². The average Bonchev–Trinajstić information content (AvgIpc) is 2.21. The second-order valence-corrected chi connectivity index (χ2v) is 3.37. The van der Waals surface area contributed by atoms with E-state index in [1.54, 1.807) is 0 Å². The third-order valence-corrected chi connectivity index (χ3v) is 2.35. The van der Waals surface area contributed by atoms with Gasteiger partial charge in [0, 0.05) is 19.6 Å². The molecule has 14 heavy (non-hydrogen) atoms. The highest BCUT2D eigenvalue weighted by molar-refractivity contribution is 5.85. The van der Waals surface area contributed by atoms with Crippen LogP contribution in [0.1, 0.15) is 5.56 Å². The van der Waals surface area contributed by atoms with Gasteiger partial charge in [0.1, 0.15) is 0 Å². The lowest BCUT2D eigenvalue weighted by Crippen LogP contribution is -2.35. The van der Waals surface area contributed by atoms with Gasteiger partial charge in [-0.2, -0.15) is 0 Å². The number of morpholine rings is 1. The molecule has 1 fully saturated rings. The summed E-state index contributed by atoms with van der Waals surface area (Å²) in [7, 11) is 0. The fourth-order valence-electron chi connectivity index (χ4n) is 1.60. The Morgan fingerprint density at radius 2 is 1.71 bits per heavy atom. The minimum Gasteiger partial charge on any atom is -0.379 e. The van der Waals surface area contributed by atoms with Gasteiger partial charge in [-0.1, -0.05) is 30.3 Å². The molecule has 2 rings (SSSR count). The normalized spacial score (nSPS) is 17.4. The van der Waals surface area contributed by atoms with Crippen molar-refractivity contribution in [3.63, 3.8) is 0 Å². The lowest BCUT2D eigenvalue weighted by atomic mass is 10.2. The first-order valence-corrected chi connectivity index (χ1v) is 4.79. The van der Waals surface area contributed by atoms with Crippen molar-refractivity contribution in [2.75, 3.05) is 26.3 Å². The zero-order chi connectivity index (χ0) is 8.93. The number of benzene rings is 1. The Kier molecular flexibility index (Phi) is 4.94. The molecule has 1 aliphatic heterocycles. The molecule has 2 nitrogen and oxygen atoms in total. The highest BCUT2D eigenvalue weighted by Crippen LogP contribution is 2.05. The molecule has 1 heterocycles. The molecule has 1 aromatic carbocycles. The molecule has 0 bridgehead atoms. The van der Waals surface area contributed by atoms with E-state index in [4.69, 9.17) is 4.74 Å². The number of rotatable bonds is 2. The summed E-state index contributed by atoms with van der Waals surface area (Å²) in [4.78, 5) is 2.43. The molecular formula is C11H16ClNO. The van der Waals surface area contributed by atoms with Crippen molar-refractivity contribution in [1.82, 2.24) is 4.90 Å². The minimum atomic E-state index is 0. The van der Waals surface area contributed by atoms with E-state index in [2.05, 4.69) is 35.2 Å². The van der Waals surface area contributed by atoms with Gasteiger partial charge in [-0.05, 0) is 5.56 Å². The molecule has 0 atom stereocenters. The quantitative estimate of drug-likeness (QED) is 0.745. The lowest BCUT2D eigenvalue weighted by molar-refractivity contribution is 0.0342. The highest BCUT2D eigenvalue weighted by atomic mass is 35.5. The molecule has 3 heteroatoms. The minimum absolute atomic E-state index is 0. The van der Waals surface area contributed by atoms with Gasteiger partial charge in [0.15, 0.2) is 0 Å². The van der Waals surface area contributed by atoms with Gasteiger partial charge >= 0.3 is 0 Å². The Hall–Kier alpha value is -0.570. The van der Waals surface area contributed by atoms with Crippen molar-refractivity contribution in [3.8, 4) is 0 Å². The van der Waals surface area contributed by atoms with Crippen LogP contribution in [0.5, 0.6) is 0 Å². The first-order chi connectivity index (χ1) is 6.45. The molecular weight excluding hydrogens is 198 g/mol. The molecule has 0 aromatic heterocycles. The van der Waals surface area contributed by atoms with Crippen LogP contribution in [-0.4, -0.2) is 31.2 Å². The number of nitrogens with zero attached hydrogens (tertiary/aromatic N) is 1. The fourth-order valence-corrected chi connectivity index (χ4v) is 1.60. The van der Waals surface area contributed by atoms with E-state index in [1.807, 2.05) is 0 Å². The molecule has 1 aliphatic rings. The summed E-state index contributed by atoms with van der Waals surface area (Å²) in [5, 5.41) is 0. The van der Waals surface area contributed by atoms with Crippen LogP contribution in [0.2, 0.25) is 0 Å². The Morgan fingerprint density at radius 3 is 2.36 bits per heavy atom. The highest BCUT2D eigenvalue weighted by Gasteiger charge is 2.09. The summed E-state index contributed by atoms with van der Waals surface area (Å²) in [6, 6.07) is 10.6. The molecule has 0 radical (unpaired) electrons. The van der Waals surface area contributed by atoms with E-state index < -0.39 is 0 Å². The van der Waals surface area contributed by atoms with Gasteiger partial charge in [0.2, 0.25) is 0 Å². The molecule has 0 saturated carbocycles. The molecule has 0 aliphatic carbocycles. The monoisotopic (exact) mass is 213 g/mol. The molecule has 0 amide bonds. The van der Waals surface area contributed by atoms with E-state index in [9.17, 15) is 0 Å². The molecule has 1 saturated heterocycles. The SMILES string of the molecule is Cl.c1ccc(CN2CCOCC2)cc1. The summed E-state index contributed by atoms with van der Waals surface area (Å²) >= 11 is 0. The predicted octanol–water partition coefficient (Wildman–Crippen LogP) is 1.94. The molecule has 78 valence electrons. The Balaban J connectivity index is 0.000000980. The topological polar surface area (TPSA) is 12.5 Å². The maximum Gasteiger partial charge on any atom is 0.0594 e. The average molecular weight is 214 g/mol. The van der Waals surface area contributed by atoms with Crippen LogP contribution in [0.25, 0.3) is 0 Å². The van der Waals surface area contributed by atoms with E-state index in [0.717, 1.165) is 32.8 Å². The largest absolute Gasteiger partial charge is 0.379 e. The number of halogens is 1. The van der Waals surface area contributed by atoms with Gasteiger partial charge in [-0.25, -0.2) is 0 Å². The van der Waals surface area contributed by atoms with Crippen LogP contribution in [0.15, 0.2) is 30.3 Å². The van der Waals surface area contributed by atoms with Gasteiger partial charge in [-0.15, -0.1) is 12.4 Å². The zero-order valence-corrected chi connectivity index (χ0v) is 9.00. The Morgan fingerprint density at radius 1 is 1.07 bits per heavy atom. The summed E-state index contributed by atoms with van der Waals surface area (Å²) in [6.07, 6.45) is 0. The smallest absolute Gasteiger partial charge is 0.0594 e. The number of hydrogen-bond acceptors (Lipinski definition) is 2. The van der Waals surface area contributed by atoms with E-state index >= 15 is 0 Å². The van der Waals surface area contributed by atoms with Crippen LogP contribution in [0, 0.1) is 0 Å². The van der Waals surface area contributed by atoms with Crippen LogP contribution < -0.4 is 0 Å². The predicted molar refractivity (Wildman–Crippen MR) is 59.8 cm³/mol. The first-order valence-electron chi connectivity index (χ1n) is 4.79. The third-order valence-electron chi connectivity index (χ3n) is 2.35. The van der Waals surface area contributed by atoms with E-state index in [1.165, 1.54) is 5.56 Å². The Labute approximate surface area is 91.3 Å². The fraction of sp³-hybridized carbons (Fsp3) is 0.455. The van der Waals surface area contributed by atoms with Crippen molar-refractivity contribution in [2.45, 2.75) is 6.54 Å². The van der Waals surface area contributed by atoms with Crippen molar-refractivity contribution in [2.24, 2.45) is 0 Å². The first kappa shape index (κ1) is 11.5. The third kappa shape index (κ3) is 3.29. The van der Waals surface area contributed by atoms with Crippen molar-refractivity contribution >= 4 is 12.4 Å². The van der Waals surface area contributed by atoms with Crippen molar-refractivity contribution in [3.05, 3.63) is 35.9 Å². The van der Waals surface area contributed by atoms with E-state index in [0.29, 0.717) is 0 Å². The van der Waals surface area contributed by atoms with Gasteiger partial charge in [0.25, 0.3) is 0 Å². The van der Waals surface area contributed by atoms with Gasteiger partial charge in [0.05, 0.1) is 13.2 Å². The van der Waals surface area contributed by atoms with Crippen molar-refractivity contribution < 1.29 is 4.74 Å². The van der Waals surface area contributed by atoms with E-state index in [-0.39, 0.29) is 12.4 Å². The number of ether oxygens (including phenoxy) is 1. The van der Waals surface area contributed by atoms with Gasteiger partial charge < -0.3 is 4.74 Å². The number of hydrogen-bond donors (Lipinski definition) is 0. The van der Waals surface area contributed by atoms with Crippen LogP contribution in [-0.2, 0) is 11.3 Å². The van der Waals surface area contributed by atoms with Crippen molar-refractivity contribution in [1.29, 1.82) is 0 Å². The maximum absolute atomic E-state index is 5.30. The molecule has 0 unspecified atom stereocenters. The lowest BCUT2D eigenvalue weighted by Gasteiger charge is -2.26.